The van der Waals surface area contributed by atoms with E-state index in [4.69, 9.17) is 34.7 Å². The third-order valence-corrected chi connectivity index (χ3v) is 5.89. The second-order valence-corrected chi connectivity index (χ2v) is 8.20. The normalized spacial score (nSPS) is 14.8. The molecule has 0 atom stereocenters. The Bertz CT molecular complexity index is 1260. The number of carbonyl (C=O) groups excluding carboxylic acids is 1. The van der Waals surface area contributed by atoms with Crippen LogP contribution in [0.2, 0.25) is 10.0 Å². The lowest BCUT2D eigenvalue weighted by molar-refractivity contribution is -0.113. The Morgan fingerprint density at radius 2 is 1.75 bits per heavy atom. The Kier molecular flexibility index (Phi) is 6.26. The third-order valence-electron chi connectivity index (χ3n) is 4.22. The maximum atomic E-state index is 14.5. The number of hydrogen-bond donors (Lipinski definition) is 2. The van der Waals surface area contributed by atoms with Crippen molar-refractivity contribution in [2.45, 2.75) is 5.75 Å². The largest absolute Gasteiger partial charge is 0.368 e. The van der Waals surface area contributed by atoms with Crippen LogP contribution in [0, 0.1) is 5.82 Å². The van der Waals surface area contributed by atoms with Gasteiger partial charge in [0.25, 0.3) is 5.91 Å². The number of nitrogen functional groups attached to an aromatic ring is 2. The molecule has 8 nitrogen and oxygen atoms in total. The van der Waals surface area contributed by atoms with Gasteiger partial charge in [0.1, 0.15) is 17.3 Å². The number of nitrogens with zero attached hydrogens (tertiary/aromatic N) is 5. The minimum atomic E-state index is -0.571. The van der Waals surface area contributed by atoms with Crippen molar-refractivity contribution >= 4 is 69.7 Å². The van der Waals surface area contributed by atoms with Crippen LogP contribution in [0.5, 0.6) is 0 Å². The van der Waals surface area contributed by atoms with E-state index in [0.29, 0.717) is 21.4 Å². The molecule has 1 amide bonds. The Labute approximate surface area is 196 Å². The lowest BCUT2D eigenvalue weighted by Gasteiger charge is -2.18. The third kappa shape index (κ3) is 4.67. The number of benzene rings is 2. The molecular formula is C20H14Cl2FN7OS. The quantitative estimate of drug-likeness (QED) is 0.527. The number of amidine groups is 1. The van der Waals surface area contributed by atoms with Crippen LogP contribution >= 0.6 is 35.0 Å². The summed E-state index contributed by atoms with van der Waals surface area (Å²) in [6.45, 7) is 0. The van der Waals surface area contributed by atoms with Crippen LogP contribution in [0.1, 0.15) is 11.4 Å². The highest BCUT2D eigenvalue weighted by Crippen LogP contribution is 2.32. The Balaban J connectivity index is 1.70. The van der Waals surface area contributed by atoms with Crippen molar-refractivity contribution in [2.75, 3.05) is 16.4 Å². The molecule has 3 aromatic rings. The molecule has 162 valence electrons. The van der Waals surface area contributed by atoms with Gasteiger partial charge < -0.3 is 11.5 Å². The van der Waals surface area contributed by atoms with Crippen LogP contribution in [0.15, 0.2) is 53.2 Å². The van der Waals surface area contributed by atoms with E-state index >= 15 is 0 Å². The Morgan fingerprint density at radius 3 is 2.44 bits per heavy atom. The molecule has 1 aliphatic heterocycles. The number of aromatic nitrogens is 3. The summed E-state index contributed by atoms with van der Waals surface area (Å²) >= 11 is 13.2. The summed E-state index contributed by atoms with van der Waals surface area (Å²) in [5.74, 6) is -0.650. The number of thioether (sulfide) groups is 1. The molecule has 4 rings (SSSR count). The number of hydrogen-bond acceptors (Lipinski definition) is 8. The first-order valence-corrected chi connectivity index (χ1v) is 10.8. The van der Waals surface area contributed by atoms with Crippen LogP contribution in [0.3, 0.4) is 0 Å². The molecule has 12 heteroatoms. The van der Waals surface area contributed by atoms with Crippen molar-refractivity contribution in [1.29, 1.82) is 0 Å². The van der Waals surface area contributed by atoms with Gasteiger partial charge in [0.05, 0.1) is 21.5 Å². The van der Waals surface area contributed by atoms with Gasteiger partial charge in [-0.25, -0.2) is 9.38 Å². The molecule has 0 aliphatic carbocycles. The summed E-state index contributed by atoms with van der Waals surface area (Å²) in [5, 5.41) is 0.958. The van der Waals surface area contributed by atoms with E-state index < -0.39 is 11.7 Å². The smallest absolute Gasteiger partial charge is 0.283 e. The standard InChI is InChI=1S/C20H14Cl2FN7OS/c21-11-6-5-10(7-12(11)22)8-14-17(31)30(15-4-2-1-3-13(15)23)20(26-14)32-9-16-27-18(24)29-19(25)28-16/h1-8H,9H2,(H4,24,25,27,28,29)/b14-8+. The molecule has 0 spiro atoms. The van der Waals surface area contributed by atoms with Gasteiger partial charge in [-0.05, 0) is 35.9 Å². The topological polar surface area (TPSA) is 123 Å². The highest BCUT2D eigenvalue weighted by Gasteiger charge is 2.33. The van der Waals surface area contributed by atoms with E-state index in [1.807, 2.05) is 0 Å². The monoisotopic (exact) mass is 489 g/mol. The molecule has 1 aromatic heterocycles. The number of halogens is 3. The van der Waals surface area contributed by atoms with E-state index in [9.17, 15) is 9.18 Å². The fraction of sp³-hybridized carbons (Fsp3) is 0.0500. The van der Waals surface area contributed by atoms with Crippen molar-refractivity contribution in [1.82, 2.24) is 15.0 Å². The number of anilines is 3. The van der Waals surface area contributed by atoms with Crippen LogP contribution in [-0.4, -0.2) is 26.0 Å². The van der Waals surface area contributed by atoms with Crippen molar-refractivity contribution in [2.24, 2.45) is 4.99 Å². The molecule has 32 heavy (non-hydrogen) atoms. The van der Waals surface area contributed by atoms with Crippen LogP contribution in [0.25, 0.3) is 6.08 Å². The predicted molar refractivity (Wildman–Crippen MR) is 126 cm³/mol. The van der Waals surface area contributed by atoms with Crippen LogP contribution in [0.4, 0.5) is 22.0 Å². The van der Waals surface area contributed by atoms with Gasteiger partial charge in [-0.3, -0.25) is 9.69 Å². The maximum Gasteiger partial charge on any atom is 0.283 e. The molecule has 2 heterocycles. The molecule has 0 saturated heterocycles. The van der Waals surface area contributed by atoms with E-state index in [0.717, 1.165) is 11.8 Å². The van der Waals surface area contributed by atoms with Crippen molar-refractivity contribution in [3.05, 3.63) is 75.4 Å². The highest BCUT2D eigenvalue weighted by molar-refractivity contribution is 8.13. The first kappa shape index (κ1) is 22.0. The van der Waals surface area contributed by atoms with Crippen LogP contribution in [-0.2, 0) is 10.5 Å². The molecule has 0 bridgehead atoms. The van der Waals surface area contributed by atoms with E-state index in [2.05, 4.69) is 19.9 Å². The van der Waals surface area contributed by atoms with Gasteiger partial charge in [-0.15, -0.1) is 0 Å². The Morgan fingerprint density at radius 1 is 1.03 bits per heavy atom. The van der Waals surface area contributed by atoms with Crippen LogP contribution < -0.4 is 16.4 Å². The molecule has 0 fully saturated rings. The number of carbonyl (C=O) groups is 1. The lowest BCUT2D eigenvalue weighted by atomic mass is 10.2. The van der Waals surface area contributed by atoms with Gasteiger partial charge in [0, 0.05) is 0 Å². The van der Waals surface area contributed by atoms with Gasteiger partial charge in [0.2, 0.25) is 11.9 Å². The average molecular weight is 490 g/mol. The zero-order valence-electron chi connectivity index (χ0n) is 16.2. The number of amides is 1. The predicted octanol–water partition coefficient (Wildman–Crippen LogP) is 4.16. The zero-order chi connectivity index (χ0) is 22.8. The second kappa shape index (κ2) is 9.11. The first-order valence-electron chi connectivity index (χ1n) is 9.05. The molecular weight excluding hydrogens is 476 g/mol. The maximum absolute atomic E-state index is 14.5. The summed E-state index contributed by atoms with van der Waals surface area (Å²) in [4.78, 5) is 30.5. The highest BCUT2D eigenvalue weighted by atomic mass is 35.5. The second-order valence-electron chi connectivity index (χ2n) is 6.45. The first-order chi connectivity index (χ1) is 15.3. The summed E-state index contributed by atoms with van der Waals surface area (Å²) in [7, 11) is 0. The minimum Gasteiger partial charge on any atom is -0.368 e. The number of rotatable bonds is 4. The number of aliphatic imine (C=N–C) groups is 1. The van der Waals surface area contributed by atoms with Gasteiger partial charge in [-0.1, -0.05) is 53.2 Å². The molecule has 1 aliphatic rings. The van der Waals surface area contributed by atoms with Gasteiger partial charge in [0.15, 0.2) is 5.17 Å². The minimum absolute atomic E-state index is 0.0244. The summed E-state index contributed by atoms with van der Waals surface area (Å²) in [6, 6.07) is 10.8. The summed E-state index contributed by atoms with van der Waals surface area (Å²) in [5.41, 5.74) is 12.0. The molecule has 0 radical (unpaired) electrons. The number of nitrogens with two attached hydrogens (primary N) is 2. The zero-order valence-corrected chi connectivity index (χ0v) is 18.5. The van der Waals surface area contributed by atoms with Crippen molar-refractivity contribution in [3.8, 4) is 0 Å². The van der Waals surface area contributed by atoms with E-state index in [-0.39, 0.29) is 34.2 Å². The summed E-state index contributed by atoms with van der Waals surface area (Å²) < 4.78 is 14.5. The van der Waals surface area contributed by atoms with Crippen molar-refractivity contribution < 1.29 is 9.18 Å². The fourth-order valence-electron chi connectivity index (χ4n) is 2.85. The lowest BCUT2D eigenvalue weighted by Crippen LogP contribution is -2.31. The van der Waals surface area contributed by atoms with Crippen molar-refractivity contribution in [3.63, 3.8) is 0 Å². The Hall–Kier alpha value is -3.21. The molecule has 0 unspecified atom stereocenters. The average Bonchev–Trinajstić information content (AvgIpc) is 3.04. The van der Waals surface area contributed by atoms with Gasteiger partial charge in [-0.2, -0.15) is 15.0 Å². The molecule has 0 saturated carbocycles. The van der Waals surface area contributed by atoms with E-state index in [1.54, 1.807) is 30.3 Å². The summed E-state index contributed by atoms with van der Waals surface area (Å²) in [6.07, 6.45) is 1.55. The van der Waals surface area contributed by atoms with Gasteiger partial charge >= 0.3 is 0 Å². The SMILES string of the molecule is Nc1nc(N)nc(CSC2=N/C(=C/c3ccc(Cl)c(Cl)c3)C(=O)N2c2ccccc2F)n1. The van der Waals surface area contributed by atoms with E-state index in [1.165, 1.54) is 23.1 Å². The fourth-order valence-corrected chi connectivity index (χ4v) is 4.02. The molecule has 2 aromatic carbocycles. The number of para-hydroxylation sites is 1. The molecule has 4 N–H and O–H groups in total.